The largest absolute Gasteiger partial charge is 0.321 e. The molecule has 1 N–H and O–H groups in total. The van der Waals surface area contributed by atoms with Crippen molar-refractivity contribution in [1.82, 2.24) is 14.9 Å². The predicted molar refractivity (Wildman–Crippen MR) is 130 cm³/mol. The molecule has 6 nitrogen and oxygen atoms in total. The molecule has 0 atom stereocenters. The molecule has 8 heteroatoms. The minimum atomic E-state index is -3.49. The number of nitrogens with zero attached hydrogens (tertiary/aromatic N) is 2. The van der Waals surface area contributed by atoms with E-state index < -0.39 is 9.84 Å². The van der Waals surface area contributed by atoms with Crippen LogP contribution < -0.4 is 5.56 Å². The normalized spacial score (nSPS) is 12.0. The second kappa shape index (κ2) is 9.36. The topological polar surface area (TPSA) is 83.1 Å². The first-order valence-electron chi connectivity index (χ1n) is 10.5. The zero-order valence-corrected chi connectivity index (χ0v) is 19.7. The van der Waals surface area contributed by atoms with Gasteiger partial charge in [0.05, 0.1) is 16.2 Å². The van der Waals surface area contributed by atoms with Gasteiger partial charge in [0.1, 0.15) is 10.8 Å². The molecule has 2 heterocycles. The van der Waals surface area contributed by atoms with Crippen LogP contribution in [0.15, 0.2) is 69.7 Å². The van der Waals surface area contributed by atoms with Crippen LogP contribution in [0.3, 0.4) is 0 Å². The monoisotopic (exact) mass is 467 g/mol. The summed E-state index contributed by atoms with van der Waals surface area (Å²) in [5, 5.41) is 3.10. The molecular formula is C24H25N3O3S2. The minimum Gasteiger partial charge on any atom is -0.321 e. The van der Waals surface area contributed by atoms with Crippen molar-refractivity contribution in [1.29, 1.82) is 0 Å². The van der Waals surface area contributed by atoms with Gasteiger partial charge < -0.3 is 4.98 Å². The first-order chi connectivity index (χ1) is 15.4. The van der Waals surface area contributed by atoms with Gasteiger partial charge in [-0.3, -0.25) is 9.69 Å². The van der Waals surface area contributed by atoms with Crippen LogP contribution in [0.5, 0.6) is 0 Å². The smallest absolute Gasteiger partial charge is 0.257 e. The average Bonchev–Trinajstić information content (AvgIpc) is 3.25. The zero-order chi connectivity index (χ0) is 22.7. The second-order valence-electron chi connectivity index (χ2n) is 7.59. The molecule has 0 bridgehead atoms. The van der Waals surface area contributed by atoms with E-state index in [1.54, 1.807) is 35.7 Å². The molecule has 0 saturated carbocycles. The van der Waals surface area contributed by atoms with Crippen LogP contribution in [0.25, 0.3) is 22.2 Å². The fraction of sp³-hybridized carbons (Fsp3) is 0.250. The lowest BCUT2D eigenvalue weighted by Gasteiger charge is -2.18. The first kappa shape index (κ1) is 22.4. The highest BCUT2D eigenvalue weighted by Gasteiger charge is 2.18. The fourth-order valence-electron chi connectivity index (χ4n) is 3.62. The van der Waals surface area contributed by atoms with Crippen LogP contribution >= 0.6 is 11.3 Å². The maximum Gasteiger partial charge on any atom is 0.257 e. The molecular weight excluding hydrogens is 442 g/mol. The molecule has 0 aliphatic carbocycles. The summed E-state index contributed by atoms with van der Waals surface area (Å²) < 4.78 is 25.3. The van der Waals surface area contributed by atoms with Gasteiger partial charge in [0.2, 0.25) is 0 Å². The molecule has 4 aromatic rings. The van der Waals surface area contributed by atoms with Gasteiger partial charge in [0, 0.05) is 17.4 Å². The fourth-order valence-corrected chi connectivity index (χ4v) is 6.06. The van der Waals surface area contributed by atoms with Crippen molar-refractivity contribution in [3.63, 3.8) is 0 Å². The molecule has 0 amide bonds. The molecule has 0 saturated heterocycles. The van der Waals surface area contributed by atoms with Crippen molar-refractivity contribution in [2.45, 2.75) is 31.0 Å². The Labute approximate surface area is 191 Å². The third kappa shape index (κ3) is 4.82. The third-order valence-electron chi connectivity index (χ3n) is 5.45. The Balaban J connectivity index is 1.61. The molecule has 2 aromatic carbocycles. The van der Waals surface area contributed by atoms with Crippen molar-refractivity contribution >= 4 is 32.1 Å². The molecule has 0 aliphatic rings. The van der Waals surface area contributed by atoms with Gasteiger partial charge in [0.25, 0.3) is 5.56 Å². The molecule has 0 aliphatic heterocycles. The lowest BCUT2D eigenvalue weighted by molar-refractivity contribution is 0.296. The summed E-state index contributed by atoms with van der Waals surface area (Å²) in [5.41, 5.74) is 2.62. The number of fused-ring (bicyclic) bond motifs is 1. The van der Waals surface area contributed by atoms with E-state index in [2.05, 4.69) is 34.8 Å². The van der Waals surface area contributed by atoms with Crippen molar-refractivity contribution in [2.24, 2.45) is 0 Å². The first-order valence-corrected chi connectivity index (χ1v) is 13.0. The van der Waals surface area contributed by atoms with Gasteiger partial charge in [0.15, 0.2) is 9.84 Å². The second-order valence-corrected chi connectivity index (χ2v) is 10.5. The van der Waals surface area contributed by atoms with E-state index in [9.17, 15) is 13.2 Å². The Hall–Kier alpha value is -2.81. The van der Waals surface area contributed by atoms with E-state index in [1.807, 2.05) is 18.2 Å². The van der Waals surface area contributed by atoms with Crippen LogP contribution in [-0.2, 0) is 22.1 Å². The van der Waals surface area contributed by atoms with Gasteiger partial charge in [-0.2, -0.15) is 0 Å². The summed E-state index contributed by atoms with van der Waals surface area (Å²) in [7, 11) is -3.49. The molecule has 0 spiro atoms. The van der Waals surface area contributed by atoms with Crippen molar-refractivity contribution in [3.8, 4) is 11.3 Å². The molecule has 0 unspecified atom stereocenters. The Morgan fingerprint density at radius 2 is 1.78 bits per heavy atom. The van der Waals surface area contributed by atoms with Crippen LogP contribution in [0.1, 0.15) is 24.4 Å². The van der Waals surface area contributed by atoms with Crippen molar-refractivity contribution < 1.29 is 8.42 Å². The summed E-state index contributed by atoms with van der Waals surface area (Å²) in [4.78, 5) is 22.8. The van der Waals surface area contributed by atoms with Crippen LogP contribution in [0.2, 0.25) is 0 Å². The summed E-state index contributed by atoms with van der Waals surface area (Å²) in [6.45, 7) is 7.03. The zero-order valence-electron chi connectivity index (χ0n) is 18.0. The third-order valence-corrected chi connectivity index (χ3v) is 8.13. The van der Waals surface area contributed by atoms with Gasteiger partial charge >= 0.3 is 0 Å². The lowest BCUT2D eigenvalue weighted by atomic mass is 10.1. The Bertz CT molecular complexity index is 1390. The summed E-state index contributed by atoms with van der Waals surface area (Å²) in [6, 6.07) is 16.2. The van der Waals surface area contributed by atoms with Gasteiger partial charge in [-0.1, -0.05) is 44.2 Å². The summed E-state index contributed by atoms with van der Waals surface area (Å²) in [5.74, 6) is -0.193. The SMILES string of the molecule is CCN(CC)Cc1ccc2cc(-c3csc(CS(=O)(=O)c4ccccc4)n3)c(=O)[nH]c2c1. The number of pyridine rings is 1. The summed E-state index contributed by atoms with van der Waals surface area (Å²) in [6.07, 6.45) is 0. The lowest BCUT2D eigenvalue weighted by Crippen LogP contribution is -2.22. The summed E-state index contributed by atoms with van der Waals surface area (Å²) >= 11 is 1.25. The number of H-pyrrole nitrogens is 1. The number of aromatic amines is 1. The van der Waals surface area contributed by atoms with E-state index in [0.29, 0.717) is 16.3 Å². The van der Waals surface area contributed by atoms with Crippen LogP contribution in [0, 0.1) is 0 Å². The van der Waals surface area contributed by atoms with E-state index in [1.165, 1.54) is 11.3 Å². The number of benzene rings is 2. The molecule has 166 valence electrons. The standard InChI is InChI=1S/C24H25N3O3S2/c1-3-27(4-2)14-17-10-11-18-13-20(24(28)26-21(18)12-17)22-15-31-23(25-22)16-32(29,30)19-8-6-5-7-9-19/h5-13,15H,3-4,14,16H2,1-2H3,(H,26,28). The van der Waals surface area contributed by atoms with Gasteiger partial charge in [-0.25, -0.2) is 13.4 Å². The maximum atomic E-state index is 12.8. The number of thiazole rings is 1. The highest BCUT2D eigenvalue weighted by molar-refractivity contribution is 7.90. The average molecular weight is 468 g/mol. The Morgan fingerprint density at radius 3 is 2.50 bits per heavy atom. The van der Waals surface area contributed by atoms with Crippen LogP contribution in [-0.4, -0.2) is 36.4 Å². The number of nitrogens with one attached hydrogen (secondary N) is 1. The van der Waals surface area contributed by atoms with Crippen LogP contribution in [0.4, 0.5) is 0 Å². The predicted octanol–water partition coefficient (Wildman–Crippen LogP) is 4.47. The van der Waals surface area contributed by atoms with E-state index in [4.69, 9.17) is 0 Å². The Morgan fingerprint density at radius 1 is 1.03 bits per heavy atom. The minimum absolute atomic E-state index is 0.193. The number of aromatic nitrogens is 2. The van der Waals surface area contributed by atoms with Crippen molar-refractivity contribution in [3.05, 3.63) is 80.9 Å². The number of hydrogen-bond acceptors (Lipinski definition) is 6. The number of sulfone groups is 1. The molecule has 4 rings (SSSR count). The molecule has 2 aromatic heterocycles. The molecule has 0 fully saturated rings. The van der Waals surface area contributed by atoms with Gasteiger partial charge in [-0.05, 0) is 48.3 Å². The molecule has 32 heavy (non-hydrogen) atoms. The van der Waals surface area contributed by atoms with E-state index in [-0.39, 0.29) is 16.2 Å². The maximum absolute atomic E-state index is 12.8. The Kier molecular flexibility index (Phi) is 6.55. The highest BCUT2D eigenvalue weighted by atomic mass is 32.2. The highest BCUT2D eigenvalue weighted by Crippen LogP contribution is 2.25. The van der Waals surface area contributed by atoms with E-state index >= 15 is 0 Å². The van der Waals surface area contributed by atoms with Gasteiger partial charge in [-0.15, -0.1) is 11.3 Å². The van der Waals surface area contributed by atoms with Crippen molar-refractivity contribution in [2.75, 3.05) is 13.1 Å². The molecule has 0 radical (unpaired) electrons. The number of rotatable bonds is 8. The quantitative estimate of drug-likeness (QED) is 0.413. The number of hydrogen-bond donors (Lipinski definition) is 1. The van der Waals surface area contributed by atoms with E-state index in [0.717, 1.165) is 36.1 Å².